The molecule has 1 fully saturated rings. The molecule has 0 bridgehead atoms. The molecule has 37 heavy (non-hydrogen) atoms. The fraction of sp³-hybridized carbons (Fsp3) is 0.269. The predicted molar refractivity (Wildman–Crippen MR) is 143 cm³/mol. The number of carbonyl (C=O) groups is 1. The first-order valence-electron chi connectivity index (χ1n) is 11.7. The Morgan fingerprint density at radius 1 is 1.00 bits per heavy atom. The number of halogens is 1. The number of nitro groups is 2. The van der Waals surface area contributed by atoms with E-state index in [1.54, 1.807) is 42.5 Å². The van der Waals surface area contributed by atoms with Crippen LogP contribution in [0.15, 0.2) is 71.6 Å². The summed E-state index contributed by atoms with van der Waals surface area (Å²) in [5, 5.41) is 29.2. The van der Waals surface area contributed by atoms with Crippen LogP contribution in [0.5, 0.6) is 0 Å². The average molecular weight is 539 g/mol. The van der Waals surface area contributed by atoms with E-state index in [1.807, 2.05) is 12.1 Å². The molecule has 5 atom stereocenters. The Balaban J connectivity index is 1.58. The molecule has 2 aliphatic rings. The fourth-order valence-electron chi connectivity index (χ4n) is 5.49. The van der Waals surface area contributed by atoms with Crippen molar-refractivity contribution in [1.29, 1.82) is 0 Å². The maximum atomic E-state index is 11.9. The summed E-state index contributed by atoms with van der Waals surface area (Å²) in [5.74, 6) is -0.516. The van der Waals surface area contributed by atoms with Crippen molar-refractivity contribution in [3.05, 3.63) is 98.1 Å². The highest BCUT2D eigenvalue weighted by molar-refractivity contribution is 8.00. The van der Waals surface area contributed by atoms with E-state index in [1.165, 1.54) is 30.8 Å². The number of benzene rings is 3. The molecule has 0 unspecified atom stereocenters. The van der Waals surface area contributed by atoms with E-state index in [0.717, 1.165) is 11.3 Å². The zero-order valence-corrected chi connectivity index (χ0v) is 21.2. The molecule has 1 aliphatic heterocycles. The van der Waals surface area contributed by atoms with Crippen LogP contribution in [0.1, 0.15) is 36.4 Å². The van der Waals surface area contributed by atoms with Crippen LogP contribution < -0.4 is 10.6 Å². The minimum atomic E-state index is -0.409. The summed E-state index contributed by atoms with van der Waals surface area (Å²) in [4.78, 5) is 34.9. The van der Waals surface area contributed by atoms with Crippen molar-refractivity contribution in [3.8, 4) is 0 Å². The fourth-order valence-corrected chi connectivity index (χ4v) is 7.44. The third-order valence-electron chi connectivity index (χ3n) is 6.94. The van der Waals surface area contributed by atoms with Crippen molar-refractivity contribution in [3.63, 3.8) is 0 Å². The second-order valence-electron chi connectivity index (χ2n) is 9.17. The number of amides is 1. The molecule has 11 heteroatoms. The normalized spacial score (nSPS) is 23.9. The molecule has 1 amide bonds. The number of nitrogens with zero attached hydrogens (tertiary/aromatic N) is 2. The molecular weight excluding hydrogens is 516 g/mol. The van der Waals surface area contributed by atoms with Crippen LogP contribution in [-0.4, -0.2) is 26.4 Å². The van der Waals surface area contributed by atoms with Crippen molar-refractivity contribution >= 4 is 52.0 Å². The van der Waals surface area contributed by atoms with Crippen LogP contribution in [-0.2, 0) is 4.79 Å². The Hall–Kier alpha value is -3.63. The number of thioether (sulfide) groups is 1. The van der Waals surface area contributed by atoms with Gasteiger partial charge in [0.15, 0.2) is 0 Å². The van der Waals surface area contributed by atoms with E-state index in [0.29, 0.717) is 22.6 Å². The lowest BCUT2D eigenvalue weighted by Crippen LogP contribution is -2.31. The van der Waals surface area contributed by atoms with Gasteiger partial charge in [-0.1, -0.05) is 30.3 Å². The van der Waals surface area contributed by atoms with E-state index in [-0.39, 0.29) is 45.3 Å². The largest absolute Gasteiger partial charge is 0.377 e. The predicted octanol–water partition coefficient (Wildman–Crippen LogP) is 6.50. The summed E-state index contributed by atoms with van der Waals surface area (Å²) in [7, 11) is 0. The van der Waals surface area contributed by atoms with Gasteiger partial charge in [-0.15, -0.1) is 23.4 Å². The Bertz CT molecular complexity index is 1400. The van der Waals surface area contributed by atoms with Gasteiger partial charge in [-0.25, -0.2) is 0 Å². The number of rotatable bonds is 6. The first-order chi connectivity index (χ1) is 17.7. The third-order valence-corrected chi connectivity index (χ3v) is 9.06. The maximum Gasteiger partial charge on any atom is 0.282 e. The summed E-state index contributed by atoms with van der Waals surface area (Å²) in [6, 6.07) is 18.4. The molecule has 3 aromatic carbocycles. The molecule has 2 N–H and O–H groups in total. The molecular formula is C26H23ClN4O5S. The number of alkyl halides is 1. The van der Waals surface area contributed by atoms with Gasteiger partial charge in [0.25, 0.3) is 11.4 Å². The van der Waals surface area contributed by atoms with Gasteiger partial charge in [0, 0.05) is 41.6 Å². The quantitative estimate of drug-likeness (QED) is 0.208. The second kappa shape index (κ2) is 10.0. The van der Waals surface area contributed by atoms with Crippen LogP contribution in [0.25, 0.3) is 0 Å². The van der Waals surface area contributed by atoms with Gasteiger partial charge < -0.3 is 10.6 Å². The maximum absolute atomic E-state index is 11.9. The van der Waals surface area contributed by atoms with Crippen molar-refractivity contribution in [2.45, 2.75) is 40.8 Å². The molecule has 0 radical (unpaired) electrons. The topological polar surface area (TPSA) is 127 Å². The number of fused-ring (bicyclic) bond motifs is 3. The van der Waals surface area contributed by atoms with Crippen molar-refractivity contribution in [2.75, 3.05) is 10.6 Å². The second-order valence-corrected chi connectivity index (χ2v) is 11.0. The first-order valence-corrected chi connectivity index (χ1v) is 13.0. The molecule has 0 saturated heterocycles. The highest BCUT2D eigenvalue weighted by Gasteiger charge is 2.51. The Morgan fingerprint density at radius 2 is 1.68 bits per heavy atom. The summed E-state index contributed by atoms with van der Waals surface area (Å²) < 4.78 is 0. The minimum Gasteiger partial charge on any atom is -0.377 e. The van der Waals surface area contributed by atoms with Crippen LogP contribution in [0.4, 0.5) is 22.7 Å². The number of anilines is 2. The number of hydrogen-bond acceptors (Lipinski definition) is 7. The minimum absolute atomic E-state index is 0.0213. The van der Waals surface area contributed by atoms with E-state index in [9.17, 15) is 25.0 Å². The number of nitro benzene ring substituents is 2. The van der Waals surface area contributed by atoms with Gasteiger partial charge >= 0.3 is 0 Å². The van der Waals surface area contributed by atoms with E-state index < -0.39 is 10.3 Å². The Morgan fingerprint density at radius 3 is 2.38 bits per heavy atom. The molecule has 3 aromatic rings. The zero-order chi connectivity index (χ0) is 26.3. The number of para-hydroxylation sites is 2. The van der Waals surface area contributed by atoms with Crippen LogP contribution in [0.3, 0.4) is 0 Å². The smallest absolute Gasteiger partial charge is 0.282 e. The van der Waals surface area contributed by atoms with Gasteiger partial charge in [-0.2, -0.15) is 0 Å². The zero-order valence-electron chi connectivity index (χ0n) is 19.7. The molecule has 5 rings (SSSR count). The number of nitrogens with one attached hydrogen (secondary N) is 2. The van der Waals surface area contributed by atoms with Crippen LogP contribution >= 0.6 is 23.4 Å². The molecule has 1 heterocycles. The molecule has 9 nitrogen and oxygen atoms in total. The van der Waals surface area contributed by atoms with E-state index in [2.05, 4.69) is 10.6 Å². The molecule has 1 saturated carbocycles. The molecule has 0 aromatic heterocycles. The Kier molecular flexibility index (Phi) is 6.78. The SMILES string of the molecule is CC(=O)Nc1ccc2c(c1)[C@H]1[C@@H](Cl)[C@@H](Sc3ccccc3[N+](=O)[O-])C[C@H]1[C@H](c1ccccc1[N+](=O)[O-])N2. The lowest BCUT2D eigenvalue weighted by atomic mass is 9.76. The van der Waals surface area contributed by atoms with Crippen LogP contribution in [0, 0.1) is 26.1 Å². The van der Waals surface area contributed by atoms with Crippen molar-refractivity contribution in [1.82, 2.24) is 0 Å². The van der Waals surface area contributed by atoms with Crippen molar-refractivity contribution in [2.24, 2.45) is 5.92 Å². The molecule has 0 spiro atoms. The lowest BCUT2D eigenvalue weighted by molar-refractivity contribution is -0.387. The summed E-state index contributed by atoms with van der Waals surface area (Å²) in [5.41, 5.74) is 2.96. The highest BCUT2D eigenvalue weighted by Crippen LogP contribution is 2.59. The van der Waals surface area contributed by atoms with Crippen LogP contribution in [0.2, 0.25) is 0 Å². The van der Waals surface area contributed by atoms with Gasteiger partial charge in [0.1, 0.15) is 0 Å². The van der Waals surface area contributed by atoms with Gasteiger partial charge in [0.05, 0.1) is 31.7 Å². The lowest BCUT2D eigenvalue weighted by Gasteiger charge is -2.38. The standard InChI is InChI=1S/C26H23ClN4O5S/c1-14(32)28-15-10-11-19-17(12-15)24-18(26(29-19)16-6-2-3-7-20(16)30(33)34)13-23(25(24)27)37-22-9-5-4-8-21(22)31(35)36/h2-12,18,23-26,29H,13H2,1H3,(H,28,32)/t18-,23+,24-,25+,26+/m1/s1. The van der Waals surface area contributed by atoms with Gasteiger partial charge in [-0.3, -0.25) is 25.0 Å². The van der Waals surface area contributed by atoms with Crippen molar-refractivity contribution < 1.29 is 14.6 Å². The van der Waals surface area contributed by atoms with Gasteiger partial charge in [0.2, 0.25) is 5.91 Å². The average Bonchev–Trinajstić information content (AvgIpc) is 3.19. The Labute approximate surface area is 221 Å². The molecule has 190 valence electrons. The summed E-state index contributed by atoms with van der Waals surface area (Å²) in [6.07, 6.45) is 0.586. The molecule has 1 aliphatic carbocycles. The number of hydrogen-bond donors (Lipinski definition) is 2. The van der Waals surface area contributed by atoms with E-state index >= 15 is 0 Å². The third kappa shape index (κ3) is 4.74. The highest BCUT2D eigenvalue weighted by atomic mass is 35.5. The monoisotopic (exact) mass is 538 g/mol. The first kappa shape index (κ1) is 25.0. The summed E-state index contributed by atoms with van der Waals surface area (Å²) in [6.45, 7) is 1.43. The van der Waals surface area contributed by atoms with E-state index in [4.69, 9.17) is 11.6 Å². The summed E-state index contributed by atoms with van der Waals surface area (Å²) >= 11 is 8.51. The number of carbonyl (C=O) groups excluding carboxylic acids is 1. The van der Waals surface area contributed by atoms with Gasteiger partial charge in [-0.05, 0) is 42.2 Å².